The minimum atomic E-state index is -0.311. The third-order valence-electron chi connectivity index (χ3n) is 2.21. The molecule has 2 aromatic rings. The zero-order valence-electron chi connectivity index (χ0n) is 8.68. The fourth-order valence-corrected chi connectivity index (χ4v) is 1.92. The minimum absolute atomic E-state index is 0.311. The Hall–Kier alpha value is -1.26. The van der Waals surface area contributed by atoms with Gasteiger partial charge in [0.1, 0.15) is 5.82 Å². The van der Waals surface area contributed by atoms with Gasteiger partial charge in [-0.15, -0.1) is 0 Å². The molecule has 0 saturated heterocycles. The Labute approximate surface area is 112 Å². The first kappa shape index (κ1) is 12.2. The van der Waals surface area contributed by atoms with Crippen molar-refractivity contribution in [2.75, 3.05) is 11.1 Å². The molecule has 0 saturated carbocycles. The minimum Gasteiger partial charge on any atom is -0.397 e. The lowest BCUT2D eigenvalue weighted by Crippen LogP contribution is -1.96. The first-order valence-electron chi connectivity index (χ1n) is 4.83. The van der Waals surface area contributed by atoms with E-state index in [0.717, 1.165) is 5.69 Å². The molecule has 5 heteroatoms. The lowest BCUT2D eigenvalue weighted by Gasteiger charge is -2.10. The molecule has 0 aromatic heterocycles. The summed E-state index contributed by atoms with van der Waals surface area (Å²) < 4.78 is 13.5. The number of anilines is 3. The number of hydrogen-bond donors (Lipinski definition) is 2. The summed E-state index contributed by atoms with van der Waals surface area (Å²) in [6.45, 7) is 0. The van der Waals surface area contributed by atoms with E-state index in [1.54, 1.807) is 30.3 Å². The van der Waals surface area contributed by atoms with Gasteiger partial charge in [0, 0.05) is 10.7 Å². The molecule has 0 aliphatic carbocycles. The summed E-state index contributed by atoms with van der Waals surface area (Å²) in [6, 6.07) is 9.77. The molecule has 2 nitrogen and oxygen atoms in total. The van der Waals surface area contributed by atoms with Gasteiger partial charge in [0.15, 0.2) is 0 Å². The van der Waals surface area contributed by atoms with Gasteiger partial charge in [-0.25, -0.2) is 4.39 Å². The van der Waals surface area contributed by atoms with Crippen LogP contribution in [-0.2, 0) is 0 Å². The number of nitrogens with one attached hydrogen (secondary N) is 1. The van der Waals surface area contributed by atoms with Crippen molar-refractivity contribution in [3.8, 4) is 0 Å². The van der Waals surface area contributed by atoms with Crippen molar-refractivity contribution in [2.24, 2.45) is 0 Å². The summed E-state index contributed by atoms with van der Waals surface area (Å²) in [5, 5.41) is 3.66. The topological polar surface area (TPSA) is 38.0 Å². The van der Waals surface area contributed by atoms with E-state index >= 15 is 0 Å². The molecule has 0 aliphatic heterocycles. The molecular formula is C12H9BrClFN2. The molecule has 0 spiro atoms. The van der Waals surface area contributed by atoms with E-state index in [-0.39, 0.29) is 5.82 Å². The fourth-order valence-electron chi connectivity index (χ4n) is 1.37. The van der Waals surface area contributed by atoms with Gasteiger partial charge in [-0.05, 0) is 52.3 Å². The van der Waals surface area contributed by atoms with Crippen molar-refractivity contribution >= 4 is 44.6 Å². The van der Waals surface area contributed by atoms with Gasteiger partial charge in [-0.1, -0.05) is 11.6 Å². The van der Waals surface area contributed by atoms with Gasteiger partial charge in [0.05, 0.1) is 15.8 Å². The molecule has 2 aromatic carbocycles. The van der Waals surface area contributed by atoms with Crippen LogP contribution in [0.3, 0.4) is 0 Å². The third kappa shape index (κ3) is 2.90. The Morgan fingerprint density at radius 3 is 2.65 bits per heavy atom. The normalized spacial score (nSPS) is 10.3. The van der Waals surface area contributed by atoms with Crippen LogP contribution >= 0.6 is 27.5 Å². The number of hydrogen-bond acceptors (Lipinski definition) is 2. The summed E-state index contributed by atoms with van der Waals surface area (Å²) in [5.74, 6) is -0.311. The highest BCUT2D eigenvalue weighted by molar-refractivity contribution is 9.10. The lowest BCUT2D eigenvalue weighted by atomic mass is 10.2. The summed E-state index contributed by atoms with van der Waals surface area (Å²) >= 11 is 8.99. The Morgan fingerprint density at radius 1 is 1.18 bits per heavy atom. The first-order valence-corrected chi connectivity index (χ1v) is 6.00. The molecule has 0 fully saturated rings. The second-order valence-electron chi connectivity index (χ2n) is 3.49. The maximum atomic E-state index is 13.1. The second kappa shape index (κ2) is 4.94. The molecule has 0 unspecified atom stereocenters. The summed E-state index contributed by atoms with van der Waals surface area (Å²) in [7, 11) is 0. The van der Waals surface area contributed by atoms with Gasteiger partial charge in [0.25, 0.3) is 0 Å². The van der Waals surface area contributed by atoms with E-state index in [1.807, 2.05) is 0 Å². The zero-order chi connectivity index (χ0) is 12.4. The molecule has 88 valence electrons. The number of halogens is 3. The predicted molar refractivity (Wildman–Crippen MR) is 73.2 cm³/mol. The molecule has 2 rings (SSSR count). The van der Waals surface area contributed by atoms with E-state index in [1.165, 1.54) is 6.07 Å². The van der Waals surface area contributed by atoms with Crippen molar-refractivity contribution in [3.63, 3.8) is 0 Å². The monoisotopic (exact) mass is 314 g/mol. The highest BCUT2D eigenvalue weighted by Gasteiger charge is 2.03. The highest BCUT2D eigenvalue weighted by atomic mass is 79.9. The van der Waals surface area contributed by atoms with Gasteiger partial charge >= 0.3 is 0 Å². The van der Waals surface area contributed by atoms with Crippen LogP contribution in [0.1, 0.15) is 0 Å². The Balaban J connectivity index is 2.31. The molecule has 3 N–H and O–H groups in total. The molecule has 0 atom stereocenters. The summed E-state index contributed by atoms with van der Waals surface area (Å²) in [5.41, 5.74) is 7.80. The van der Waals surface area contributed by atoms with E-state index in [0.29, 0.717) is 20.9 Å². The quantitative estimate of drug-likeness (QED) is 0.797. The number of nitrogens with two attached hydrogens (primary N) is 1. The largest absolute Gasteiger partial charge is 0.397 e. The lowest BCUT2D eigenvalue weighted by molar-refractivity contribution is 0.621. The Kier molecular flexibility index (Phi) is 3.54. The average Bonchev–Trinajstić information content (AvgIpc) is 2.29. The van der Waals surface area contributed by atoms with E-state index in [9.17, 15) is 4.39 Å². The van der Waals surface area contributed by atoms with E-state index in [4.69, 9.17) is 17.3 Å². The third-order valence-corrected chi connectivity index (χ3v) is 3.06. The van der Waals surface area contributed by atoms with Crippen molar-refractivity contribution < 1.29 is 4.39 Å². The van der Waals surface area contributed by atoms with Gasteiger partial charge in [-0.2, -0.15) is 0 Å². The highest BCUT2D eigenvalue weighted by Crippen LogP contribution is 2.28. The number of nitrogen functional groups attached to an aromatic ring is 1. The average molecular weight is 316 g/mol. The van der Waals surface area contributed by atoms with Gasteiger partial charge in [-0.3, -0.25) is 0 Å². The molecule has 0 aliphatic rings. The van der Waals surface area contributed by atoms with Crippen LogP contribution in [0, 0.1) is 5.82 Å². The SMILES string of the molecule is Nc1ccc(Cl)cc1Nc1ccc(F)c(Br)c1. The van der Waals surface area contributed by atoms with Crippen LogP contribution in [0.2, 0.25) is 5.02 Å². The smallest absolute Gasteiger partial charge is 0.137 e. The molecule has 0 amide bonds. The van der Waals surface area contributed by atoms with Crippen molar-refractivity contribution in [3.05, 3.63) is 51.7 Å². The van der Waals surface area contributed by atoms with Gasteiger partial charge in [0.2, 0.25) is 0 Å². The first-order chi connectivity index (χ1) is 8.06. The maximum Gasteiger partial charge on any atom is 0.137 e. The maximum absolute atomic E-state index is 13.1. The zero-order valence-corrected chi connectivity index (χ0v) is 11.0. The number of rotatable bonds is 2. The molecule has 0 radical (unpaired) electrons. The second-order valence-corrected chi connectivity index (χ2v) is 4.78. The molecule has 0 bridgehead atoms. The fraction of sp³-hybridized carbons (Fsp3) is 0. The Bertz CT molecular complexity index is 560. The molecular weight excluding hydrogens is 307 g/mol. The van der Waals surface area contributed by atoms with Crippen LogP contribution in [-0.4, -0.2) is 0 Å². The van der Waals surface area contributed by atoms with Crippen molar-refractivity contribution in [1.82, 2.24) is 0 Å². The summed E-state index contributed by atoms with van der Waals surface area (Å²) in [4.78, 5) is 0. The van der Waals surface area contributed by atoms with Crippen LogP contribution in [0.25, 0.3) is 0 Å². The predicted octanol–water partition coefficient (Wildman–Crippen LogP) is 4.57. The standard InChI is InChI=1S/C12H9BrClFN2/c13-9-6-8(2-3-10(9)15)17-12-5-7(14)1-4-11(12)16/h1-6,17H,16H2. The van der Waals surface area contributed by atoms with Crippen LogP contribution in [0.4, 0.5) is 21.5 Å². The summed E-state index contributed by atoms with van der Waals surface area (Å²) in [6.07, 6.45) is 0. The van der Waals surface area contributed by atoms with E-state index in [2.05, 4.69) is 21.2 Å². The van der Waals surface area contributed by atoms with Gasteiger partial charge < -0.3 is 11.1 Å². The van der Waals surface area contributed by atoms with Crippen LogP contribution in [0.5, 0.6) is 0 Å². The van der Waals surface area contributed by atoms with E-state index < -0.39 is 0 Å². The molecule has 17 heavy (non-hydrogen) atoms. The van der Waals surface area contributed by atoms with Crippen LogP contribution in [0.15, 0.2) is 40.9 Å². The molecule has 0 heterocycles. The van der Waals surface area contributed by atoms with Crippen molar-refractivity contribution in [1.29, 1.82) is 0 Å². The van der Waals surface area contributed by atoms with Crippen LogP contribution < -0.4 is 11.1 Å². The van der Waals surface area contributed by atoms with Crippen molar-refractivity contribution in [2.45, 2.75) is 0 Å². The number of benzene rings is 2. The Morgan fingerprint density at radius 2 is 1.94 bits per heavy atom.